The van der Waals surface area contributed by atoms with Crippen molar-refractivity contribution in [3.8, 4) is 0 Å². The first-order chi connectivity index (χ1) is 7.97. The lowest BCUT2D eigenvalue weighted by molar-refractivity contribution is -0.110. The minimum Gasteiger partial charge on any atom is -0.288 e. The molecular formula is C13H22O2S2. The molecular weight excluding hydrogens is 252 g/mol. The van der Waals surface area contributed by atoms with Gasteiger partial charge in [-0.15, -0.1) is 0 Å². The van der Waals surface area contributed by atoms with Crippen molar-refractivity contribution in [1.82, 2.24) is 0 Å². The monoisotopic (exact) mass is 274 g/mol. The Hall–Kier alpha value is 0.0400. The standard InChI is InChI=1S/C13H22O2S2/c1-9(16-10(2)14)7-12-5-4-6-13(8-12)17-11(3)15/h9,12-13H,4-8H2,1-3H3. The summed E-state index contributed by atoms with van der Waals surface area (Å²) >= 11 is 2.96. The van der Waals surface area contributed by atoms with Crippen LogP contribution in [0, 0.1) is 5.92 Å². The second-order valence-electron chi connectivity index (χ2n) is 4.92. The van der Waals surface area contributed by atoms with E-state index >= 15 is 0 Å². The van der Waals surface area contributed by atoms with Crippen LogP contribution in [0.15, 0.2) is 0 Å². The molecule has 17 heavy (non-hydrogen) atoms. The van der Waals surface area contributed by atoms with Crippen LogP contribution in [0.4, 0.5) is 0 Å². The Morgan fingerprint density at radius 1 is 1.24 bits per heavy atom. The van der Waals surface area contributed by atoms with Crippen molar-refractivity contribution in [3.63, 3.8) is 0 Å². The van der Waals surface area contributed by atoms with Gasteiger partial charge in [-0.05, 0) is 25.2 Å². The first kappa shape index (κ1) is 15.1. The van der Waals surface area contributed by atoms with Crippen LogP contribution < -0.4 is 0 Å². The highest BCUT2D eigenvalue weighted by Gasteiger charge is 2.25. The fraction of sp³-hybridized carbons (Fsp3) is 0.846. The van der Waals surface area contributed by atoms with E-state index in [1.807, 2.05) is 0 Å². The minimum atomic E-state index is 0.211. The fourth-order valence-corrected chi connectivity index (χ4v) is 4.66. The zero-order valence-electron chi connectivity index (χ0n) is 10.9. The number of hydrogen-bond acceptors (Lipinski definition) is 4. The minimum absolute atomic E-state index is 0.211. The van der Waals surface area contributed by atoms with E-state index in [1.165, 1.54) is 42.8 Å². The smallest absolute Gasteiger partial charge is 0.186 e. The van der Waals surface area contributed by atoms with Crippen LogP contribution in [0.5, 0.6) is 0 Å². The van der Waals surface area contributed by atoms with E-state index in [0.717, 1.165) is 12.8 Å². The van der Waals surface area contributed by atoms with Crippen molar-refractivity contribution in [2.24, 2.45) is 5.92 Å². The summed E-state index contributed by atoms with van der Waals surface area (Å²) in [5.74, 6) is 0.697. The van der Waals surface area contributed by atoms with Gasteiger partial charge in [0.05, 0.1) is 0 Å². The molecule has 0 saturated heterocycles. The van der Waals surface area contributed by atoms with Gasteiger partial charge >= 0.3 is 0 Å². The Balaban J connectivity index is 2.33. The molecule has 0 heterocycles. The van der Waals surface area contributed by atoms with Crippen LogP contribution in [0.1, 0.15) is 52.9 Å². The lowest BCUT2D eigenvalue weighted by Gasteiger charge is -2.29. The van der Waals surface area contributed by atoms with Gasteiger partial charge in [0.15, 0.2) is 10.2 Å². The van der Waals surface area contributed by atoms with E-state index in [9.17, 15) is 9.59 Å². The van der Waals surface area contributed by atoms with Crippen molar-refractivity contribution in [3.05, 3.63) is 0 Å². The molecule has 0 spiro atoms. The lowest BCUT2D eigenvalue weighted by atomic mass is 9.86. The van der Waals surface area contributed by atoms with Gasteiger partial charge in [0, 0.05) is 24.3 Å². The van der Waals surface area contributed by atoms with Crippen molar-refractivity contribution in [1.29, 1.82) is 0 Å². The van der Waals surface area contributed by atoms with Crippen LogP contribution in [-0.4, -0.2) is 20.7 Å². The second kappa shape index (κ2) is 7.47. The highest BCUT2D eigenvalue weighted by molar-refractivity contribution is 8.14. The quantitative estimate of drug-likeness (QED) is 0.779. The molecule has 4 heteroatoms. The van der Waals surface area contributed by atoms with Gasteiger partial charge in [-0.25, -0.2) is 0 Å². The summed E-state index contributed by atoms with van der Waals surface area (Å²) in [7, 11) is 0. The fourth-order valence-electron chi connectivity index (χ4n) is 2.60. The molecule has 3 unspecified atom stereocenters. The van der Waals surface area contributed by atoms with E-state index in [1.54, 1.807) is 13.8 Å². The summed E-state index contributed by atoms with van der Waals surface area (Å²) < 4.78 is 0. The normalized spacial score (nSPS) is 26.5. The van der Waals surface area contributed by atoms with E-state index in [2.05, 4.69) is 6.92 Å². The molecule has 0 aromatic rings. The summed E-state index contributed by atoms with van der Waals surface area (Å²) in [5.41, 5.74) is 0. The first-order valence-corrected chi connectivity index (χ1v) is 8.07. The third-order valence-electron chi connectivity index (χ3n) is 3.10. The van der Waals surface area contributed by atoms with Gasteiger partial charge in [0.1, 0.15) is 0 Å². The molecule has 98 valence electrons. The predicted molar refractivity (Wildman–Crippen MR) is 76.4 cm³/mol. The molecule has 1 aliphatic rings. The Bertz CT molecular complexity index is 277. The van der Waals surface area contributed by atoms with Crippen molar-refractivity contribution in [2.75, 3.05) is 0 Å². The molecule has 3 atom stereocenters. The largest absolute Gasteiger partial charge is 0.288 e. The highest BCUT2D eigenvalue weighted by atomic mass is 32.2. The Morgan fingerprint density at radius 2 is 1.94 bits per heavy atom. The molecule has 2 nitrogen and oxygen atoms in total. The molecule has 1 saturated carbocycles. The zero-order chi connectivity index (χ0) is 12.8. The van der Waals surface area contributed by atoms with E-state index in [0.29, 0.717) is 16.4 Å². The maximum atomic E-state index is 11.1. The Morgan fingerprint density at radius 3 is 2.53 bits per heavy atom. The number of thioether (sulfide) groups is 2. The van der Waals surface area contributed by atoms with Gasteiger partial charge in [-0.2, -0.15) is 0 Å². The van der Waals surface area contributed by atoms with Gasteiger partial charge in [0.2, 0.25) is 0 Å². The van der Waals surface area contributed by atoms with Gasteiger partial charge in [-0.3, -0.25) is 9.59 Å². The summed E-state index contributed by atoms with van der Waals surface area (Å²) in [6, 6.07) is 0. The summed E-state index contributed by atoms with van der Waals surface area (Å²) in [4.78, 5) is 22.1. The van der Waals surface area contributed by atoms with Crippen molar-refractivity contribution < 1.29 is 9.59 Å². The van der Waals surface area contributed by atoms with Crippen LogP contribution in [0.2, 0.25) is 0 Å². The molecule has 0 aliphatic heterocycles. The summed E-state index contributed by atoms with van der Waals surface area (Å²) in [6.45, 7) is 5.42. The SMILES string of the molecule is CC(=O)SC(C)CC1CCCC(SC(C)=O)C1. The zero-order valence-corrected chi connectivity index (χ0v) is 12.5. The lowest BCUT2D eigenvalue weighted by Crippen LogP contribution is -2.21. The highest BCUT2D eigenvalue weighted by Crippen LogP contribution is 2.36. The molecule has 1 aliphatic carbocycles. The molecule has 0 bridgehead atoms. The Kier molecular flexibility index (Phi) is 6.63. The molecule has 0 radical (unpaired) electrons. The summed E-state index contributed by atoms with van der Waals surface area (Å²) in [5, 5.41) is 1.38. The van der Waals surface area contributed by atoms with Crippen LogP contribution in [-0.2, 0) is 9.59 Å². The summed E-state index contributed by atoms with van der Waals surface area (Å²) in [6.07, 6.45) is 5.92. The molecule has 0 amide bonds. The Labute approximate surface area is 113 Å². The number of hydrogen-bond donors (Lipinski definition) is 0. The molecule has 0 aromatic heterocycles. The molecule has 1 rings (SSSR count). The topological polar surface area (TPSA) is 34.1 Å². The van der Waals surface area contributed by atoms with Crippen LogP contribution >= 0.6 is 23.5 Å². The second-order valence-corrected chi connectivity index (χ2v) is 8.01. The van der Waals surface area contributed by atoms with Gasteiger partial charge in [-0.1, -0.05) is 43.3 Å². The number of carbonyl (C=O) groups excluding carboxylic acids is 2. The van der Waals surface area contributed by atoms with E-state index in [4.69, 9.17) is 0 Å². The third-order valence-corrected chi connectivity index (χ3v) is 5.12. The predicted octanol–water partition coefficient (Wildman–Crippen LogP) is 3.88. The maximum absolute atomic E-state index is 11.1. The number of rotatable bonds is 4. The van der Waals surface area contributed by atoms with Crippen LogP contribution in [0.25, 0.3) is 0 Å². The van der Waals surface area contributed by atoms with Gasteiger partial charge in [0.25, 0.3) is 0 Å². The van der Waals surface area contributed by atoms with Crippen molar-refractivity contribution in [2.45, 2.75) is 63.4 Å². The van der Waals surface area contributed by atoms with Crippen LogP contribution in [0.3, 0.4) is 0 Å². The van der Waals surface area contributed by atoms with E-state index < -0.39 is 0 Å². The van der Waals surface area contributed by atoms with E-state index in [-0.39, 0.29) is 10.2 Å². The molecule has 1 fully saturated rings. The van der Waals surface area contributed by atoms with Crippen molar-refractivity contribution >= 4 is 33.8 Å². The molecule has 0 N–H and O–H groups in total. The average Bonchev–Trinajstić information content (AvgIpc) is 2.14. The maximum Gasteiger partial charge on any atom is 0.186 e. The number of carbonyl (C=O) groups is 2. The van der Waals surface area contributed by atoms with Gasteiger partial charge < -0.3 is 0 Å². The molecule has 0 aromatic carbocycles. The average molecular weight is 274 g/mol. The first-order valence-electron chi connectivity index (χ1n) is 6.31. The third kappa shape index (κ3) is 6.51.